The smallest absolute Gasteiger partial charge is 0.283 e. The summed E-state index contributed by atoms with van der Waals surface area (Å²) in [5, 5.41) is 15.5. The Morgan fingerprint density at radius 2 is 1.83 bits per heavy atom. The topological polar surface area (TPSA) is 96.6 Å². The number of amidine groups is 2. The Labute approximate surface area is 214 Å². The predicted molar refractivity (Wildman–Crippen MR) is 144 cm³/mol. The number of hydrazone groups is 1. The van der Waals surface area contributed by atoms with Crippen LogP contribution in [0.25, 0.3) is 6.08 Å². The number of allylic oxidation sites excluding steroid dienone is 1. The Kier molecular flexibility index (Phi) is 8.22. The minimum Gasteiger partial charge on any atom is -0.490 e. The molecule has 0 saturated carbocycles. The number of carbonyl (C=O) groups is 1. The molecule has 1 N–H and O–H groups in total. The predicted octanol–water partition coefficient (Wildman–Crippen LogP) is 5.30. The Bertz CT molecular complexity index is 1270. The van der Waals surface area contributed by atoms with Crippen molar-refractivity contribution in [1.82, 2.24) is 5.01 Å². The maximum Gasteiger partial charge on any atom is 0.283 e. The summed E-state index contributed by atoms with van der Waals surface area (Å²) in [7, 11) is 0. The maximum atomic E-state index is 12.6. The van der Waals surface area contributed by atoms with E-state index in [2.05, 4.69) is 16.7 Å². The summed E-state index contributed by atoms with van der Waals surface area (Å²) >= 11 is 1.32. The third kappa shape index (κ3) is 5.68. The number of nitrogens with zero attached hydrogens (tertiary/aromatic N) is 3. The van der Waals surface area contributed by atoms with Gasteiger partial charge in [0.15, 0.2) is 17.3 Å². The van der Waals surface area contributed by atoms with Crippen molar-refractivity contribution in [3.63, 3.8) is 0 Å². The minimum atomic E-state index is -0.460. The van der Waals surface area contributed by atoms with Crippen LogP contribution in [0.2, 0.25) is 0 Å². The number of hydrogen-bond donors (Lipinski definition) is 1. The van der Waals surface area contributed by atoms with Crippen molar-refractivity contribution >= 4 is 39.8 Å². The summed E-state index contributed by atoms with van der Waals surface area (Å²) in [6.45, 7) is 8.79. The van der Waals surface area contributed by atoms with Crippen molar-refractivity contribution in [2.75, 3.05) is 19.8 Å². The van der Waals surface area contributed by atoms with Crippen LogP contribution in [-0.2, 0) is 11.2 Å². The second-order valence-corrected chi connectivity index (χ2v) is 8.84. The van der Waals surface area contributed by atoms with Crippen LogP contribution < -0.4 is 14.2 Å². The Balaban J connectivity index is 1.45. The first-order valence-electron chi connectivity index (χ1n) is 11.7. The molecule has 0 bridgehead atoms. The number of amides is 1. The lowest BCUT2D eigenvalue weighted by molar-refractivity contribution is -0.114. The zero-order valence-electron chi connectivity index (χ0n) is 20.3. The second kappa shape index (κ2) is 11.7. The first kappa shape index (κ1) is 25.2. The average Bonchev–Trinajstić information content (AvgIpc) is 3.30. The van der Waals surface area contributed by atoms with Gasteiger partial charge in [0.25, 0.3) is 5.91 Å². The van der Waals surface area contributed by atoms with Gasteiger partial charge in [0.1, 0.15) is 24.0 Å². The molecule has 9 heteroatoms. The molecular formula is C27H28N4O4S. The van der Waals surface area contributed by atoms with Crippen LogP contribution in [0.5, 0.6) is 17.2 Å². The number of rotatable bonds is 11. The van der Waals surface area contributed by atoms with Crippen molar-refractivity contribution < 1.29 is 19.0 Å². The van der Waals surface area contributed by atoms with Crippen molar-refractivity contribution in [2.45, 2.75) is 26.7 Å². The molecule has 0 spiro atoms. The van der Waals surface area contributed by atoms with Crippen LogP contribution in [0.1, 0.15) is 31.4 Å². The number of thioether (sulfide) groups is 1. The molecule has 4 rings (SSSR count). The minimum absolute atomic E-state index is 0.00752. The van der Waals surface area contributed by atoms with Crippen LogP contribution in [0.4, 0.5) is 0 Å². The summed E-state index contributed by atoms with van der Waals surface area (Å²) in [6, 6.07) is 13.2. The summed E-state index contributed by atoms with van der Waals surface area (Å²) in [4.78, 5) is 16.7. The van der Waals surface area contributed by atoms with Crippen LogP contribution in [0.3, 0.4) is 0 Å². The van der Waals surface area contributed by atoms with Gasteiger partial charge in [-0.1, -0.05) is 37.3 Å². The van der Waals surface area contributed by atoms with E-state index in [1.165, 1.54) is 16.8 Å². The summed E-state index contributed by atoms with van der Waals surface area (Å²) in [6.07, 6.45) is 4.92. The molecule has 0 saturated heterocycles. The molecule has 186 valence electrons. The molecule has 2 aromatic carbocycles. The molecule has 1 amide bonds. The highest BCUT2D eigenvalue weighted by Gasteiger charge is 2.35. The quantitative estimate of drug-likeness (QED) is 0.253. The molecular weight excluding hydrogens is 476 g/mol. The normalized spacial score (nSPS) is 15.9. The molecule has 0 aliphatic carbocycles. The standard InChI is InChI=1S/C27H28N4O4S/c1-4-9-19-10-7-8-11-21(19)34-14-15-35-22-13-12-18(17-23(22)33-6-3)16-20-25(28)31-27(29-26(20)32)36-24(5-2)30-31/h4,7-8,10-13,16-17,28H,1,5-6,9,14-15H2,2-3H3. The van der Waals surface area contributed by atoms with Gasteiger partial charge in [0, 0.05) is 0 Å². The van der Waals surface area contributed by atoms with Crippen LogP contribution >= 0.6 is 11.8 Å². The highest BCUT2D eigenvalue weighted by molar-refractivity contribution is 8.26. The van der Waals surface area contributed by atoms with E-state index in [0.29, 0.717) is 48.5 Å². The molecule has 2 aliphatic heterocycles. The molecule has 0 unspecified atom stereocenters. The number of benzene rings is 2. The van der Waals surface area contributed by atoms with E-state index in [0.717, 1.165) is 22.8 Å². The third-order valence-corrected chi connectivity index (χ3v) is 6.37. The third-order valence-electron chi connectivity index (χ3n) is 5.31. The number of para-hydroxylation sites is 1. The zero-order chi connectivity index (χ0) is 25.5. The van der Waals surface area contributed by atoms with Gasteiger partial charge < -0.3 is 14.2 Å². The second-order valence-electron chi connectivity index (χ2n) is 7.80. The molecule has 2 aromatic rings. The van der Waals surface area contributed by atoms with E-state index < -0.39 is 5.91 Å². The van der Waals surface area contributed by atoms with E-state index in [-0.39, 0.29) is 11.4 Å². The van der Waals surface area contributed by atoms with Crippen molar-refractivity contribution in [2.24, 2.45) is 10.1 Å². The number of nitrogens with one attached hydrogen (secondary N) is 1. The molecule has 2 heterocycles. The Morgan fingerprint density at radius 3 is 2.58 bits per heavy atom. The molecule has 0 radical (unpaired) electrons. The summed E-state index contributed by atoms with van der Waals surface area (Å²) < 4.78 is 17.6. The highest BCUT2D eigenvalue weighted by atomic mass is 32.2. The molecule has 0 fully saturated rings. The van der Waals surface area contributed by atoms with Gasteiger partial charge in [-0.15, -0.1) is 6.58 Å². The molecule has 2 aliphatic rings. The highest BCUT2D eigenvalue weighted by Crippen LogP contribution is 2.32. The van der Waals surface area contributed by atoms with E-state index >= 15 is 0 Å². The zero-order valence-corrected chi connectivity index (χ0v) is 21.1. The number of ether oxygens (including phenoxy) is 3. The number of carbonyl (C=O) groups excluding carboxylic acids is 1. The van der Waals surface area contributed by atoms with Gasteiger partial charge in [-0.05, 0) is 66.9 Å². The fourth-order valence-corrected chi connectivity index (χ4v) is 4.44. The Hall–Kier alpha value is -3.85. The van der Waals surface area contributed by atoms with Crippen LogP contribution in [-0.4, -0.2) is 46.8 Å². The van der Waals surface area contributed by atoms with E-state index in [1.54, 1.807) is 18.2 Å². The lowest BCUT2D eigenvalue weighted by Crippen LogP contribution is -2.35. The van der Waals surface area contributed by atoms with Gasteiger partial charge in [0.2, 0.25) is 5.17 Å². The fraction of sp³-hybridized carbons (Fsp3) is 0.259. The van der Waals surface area contributed by atoms with Crippen molar-refractivity contribution in [3.8, 4) is 17.2 Å². The van der Waals surface area contributed by atoms with Gasteiger partial charge in [0.05, 0.1) is 12.2 Å². The van der Waals surface area contributed by atoms with Crippen LogP contribution in [0, 0.1) is 5.41 Å². The largest absolute Gasteiger partial charge is 0.490 e. The monoisotopic (exact) mass is 504 g/mol. The lowest BCUT2D eigenvalue weighted by atomic mass is 10.1. The maximum absolute atomic E-state index is 12.6. The van der Waals surface area contributed by atoms with Crippen molar-refractivity contribution in [1.29, 1.82) is 5.41 Å². The summed E-state index contributed by atoms with van der Waals surface area (Å²) in [5.74, 6) is 1.47. The summed E-state index contributed by atoms with van der Waals surface area (Å²) in [5.41, 5.74) is 1.94. The van der Waals surface area contributed by atoms with Gasteiger partial charge >= 0.3 is 0 Å². The van der Waals surface area contributed by atoms with Gasteiger partial charge in [-0.25, -0.2) is 0 Å². The van der Waals surface area contributed by atoms with E-state index in [1.807, 2.05) is 50.3 Å². The molecule has 0 aromatic heterocycles. The number of hydrogen-bond acceptors (Lipinski definition) is 7. The van der Waals surface area contributed by atoms with E-state index in [9.17, 15) is 4.79 Å². The number of fused-ring (bicyclic) bond motifs is 1. The average molecular weight is 505 g/mol. The lowest BCUT2D eigenvalue weighted by Gasteiger charge is -2.20. The fourth-order valence-electron chi connectivity index (χ4n) is 3.62. The SMILES string of the molecule is C=CCc1ccccc1OCCOc1ccc(C=C2C(=N)N3N=C(CC)SC3=NC2=O)cc1OCC. The Morgan fingerprint density at radius 1 is 1.06 bits per heavy atom. The van der Waals surface area contributed by atoms with Gasteiger partial charge in [-0.3, -0.25) is 10.2 Å². The van der Waals surface area contributed by atoms with Crippen molar-refractivity contribution in [3.05, 3.63) is 71.8 Å². The molecule has 8 nitrogen and oxygen atoms in total. The van der Waals surface area contributed by atoms with E-state index in [4.69, 9.17) is 19.6 Å². The first-order chi connectivity index (χ1) is 17.5. The molecule has 36 heavy (non-hydrogen) atoms. The van der Waals surface area contributed by atoms with Crippen LogP contribution in [0.15, 0.2) is 70.8 Å². The molecule has 0 atom stereocenters. The first-order valence-corrected chi connectivity index (χ1v) is 12.6. The van der Waals surface area contributed by atoms with Gasteiger partial charge in [-0.2, -0.15) is 15.1 Å². The number of aliphatic imine (C=N–C) groups is 1.